The molecular formula is C23H23F3N8O. The normalized spacial score (nSPS) is 14.6. The highest BCUT2D eigenvalue weighted by molar-refractivity contribution is 5.91. The Bertz CT molecular complexity index is 1390. The summed E-state index contributed by atoms with van der Waals surface area (Å²) in [7, 11) is 0. The fourth-order valence-corrected chi connectivity index (χ4v) is 4.47. The molecule has 35 heavy (non-hydrogen) atoms. The Hall–Kier alpha value is -4.09. The van der Waals surface area contributed by atoms with Gasteiger partial charge in [-0.3, -0.25) is 9.48 Å². The summed E-state index contributed by atoms with van der Waals surface area (Å²) >= 11 is 0. The maximum absolute atomic E-state index is 13.1. The van der Waals surface area contributed by atoms with Gasteiger partial charge in [0.05, 0.1) is 11.4 Å². The van der Waals surface area contributed by atoms with Crippen LogP contribution in [-0.4, -0.2) is 67.5 Å². The van der Waals surface area contributed by atoms with E-state index in [0.29, 0.717) is 43.0 Å². The summed E-state index contributed by atoms with van der Waals surface area (Å²) in [6.07, 6.45) is -1.79. The number of fused-ring (bicyclic) bond motifs is 1. The Labute approximate surface area is 198 Å². The highest BCUT2D eigenvalue weighted by atomic mass is 19.4. The van der Waals surface area contributed by atoms with Crippen molar-refractivity contribution in [1.82, 2.24) is 29.3 Å². The number of anilines is 2. The molecule has 3 aromatic heterocycles. The van der Waals surface area contributed by atoms with Gasteiger partial charge >= 0.3 is 6.18 Å². The number of alkyl halides is 3. The van der Waals surface area contributed by atoms with Crippen LogP contribution >= 0.6 is 0 Å². The standard InChI is InChI=1S/C23H23F3N8O/c1-15(35)31-7-9-32(10-8-31)17-4-2-3-16(11-17)20-12-18(21-22(27)28-14-30-34(20)21)19-5-6-29-33(19)13-23(24,25)26/h2-6,11-12,14H,7-10,13H2,1H3,(H2,27,28,30). The number of halogens is 3. The van der Waals surface area contributed by atoms with Crippen LogP contribution in [0.4, 0.5) is 24.7 Å². The minimum Gasteiger partial charge on any atom is -0.382 e. The van der Waals surface area contributed by atoms with E-state index in [1.54, 1.807) is 17.5 Å². The van der Waals surface area contributed by atoms with E-state index in [4.69, 9.17) is 5.73 Å². The number of amides is 1. The molecule has 5 rings (SSSR count). The summed E-state index contributed by atoms with van der Waals surface area (Å²) in [5.41, 5.74) is 9.74. The SMILES string of the molecule is CC(=O)N1CCN(c2cccc(-c3cc(-c4ccnn4CC(F)(F)F)c4c(N)ncnn34)c2)CC1. The van der Waals surface area contributed by atoms with Crippen LogP contribution in [0.25, 0.3) is 28.0 Å². The average Bonchev–Trinajstić information content (AvgIpc) is 3.43. The first-order chi connectivity index (χ1) is 16.7. The van der Waals surface area contributed by atoms with Gasteiger partial charge in [-0.25, -0.2) is 9.50 Å². The van der Waals surface area contributed by atoms with Crippen molar-refractivity contribution in [2.75, 3.05) is 36.8 Å². The van der Waals surface area contributed by atoms with E-state index in [1.807, 2.05) is 29.2 Å². The van der Waals surface area contributed by atoms with E-state index < -0.39 is 12.7 Å². The summed E-state index contributed by atoms with van der Waals surface area (Å²) in [4.78, 5) is 19.7. The van der Waals surface area contributed by atoms with E-state index in [-0.39, 0.29) is 17.4 Å². The van der Waals surface area contributed by atoms with Crippen molar-refractivity contribution in [3.05, 3.63) is 48.9 Å². The Morgan fingerprint density at radius 3 is 2.54 bits per heavy atom. The highest BCUT2D eigenvalue weighted by Gasteiger charge is 2.30. The number of aromatic nitrogens is 5. The van der Waals surface area contributed by atoms with Crippen LogP contribution < -0.4 is 10.6 Å². The Morgan fingerprint density at radius 2 is 1.83 bits per heavy atom. The number of benzene rings is 1. The van der Waals surface area contributed by atoms with Crippen molar-refractivity contribution < 1.29 is 18.0 Å². The van der Waals surface area contributed by atoms with Crippen molar-refractivity contribution in [3.63, 3.8) is 0 Å². The molecule has 1 aliphatic rings. The van der Waals surface area contributed by atoms with Gasteiger partial charge in [0.15, 0.2) is 5.82 Å². The van der Waals surface area contributed by atoms with Crippen LogP contribution in [-0.2, 0) is 11.3 Å². The molecule has 1 fully saturated rings. The Kier molecular flexibility index (Phi) is 5.58. The van der Waals surface area contributed by atoms with Crippen molar-refractivity contribution >= 4 is 22.9 Å². The monoisotopic (exact) mass is 484 g/mol. The van der Waals surface area contributed by atoms with Gasteiger partial charge in [0.2, 0.25) is 5.91 Å². The van der Waals surface area contributed by atoms with Gasteiger partial charge in [0, 0.05) is 56.1 Å². The van der Waals surface area contributed by atoms with Crippen LogP contribution in [0, 0.1) is 0 Å². The molecule has 1 amide bonds. The molecule has 1 saturated heterocycles. The summed E-state index contributed by atoms with van der Waals surface area (Å²) in [6, 6.07) is 11.1. The third kappa shape index (κ3) is 4.38. The molecule has 182 valence electrons. The number of hydrogen-bond acceptors (Lipinski definition) is 6. The largest absolute Gasteiger partial charge is 0.408 e. The number of rotatable bonds is 4. The molecule has 0 atom stereocenters. The van der Waals surface area contributed by atoms with Gasteiger partial charge in [-0.1, -0.05) is 12.1 Å². The minimum atomic E-state index is -4.43. The fraction of sp³-hybridized carbons (Fsp3) is 0.304. The first-order valence-corrected chi connectivity index (χ1v) is 11.0. The molecule has 0 radical (unpaired) electrons. The summed E-state index contributed by atoms with van der Waals surface area (Å²) in [5.74, 6) is 0.213. The zero-order chi connectivity index (χ0) is 24.7. The van der Waals surface area contributed by atoms with Gasteiger partial charge in [-0.15, -0.1) is 0 Å². The maximum Gasteiger partial charge on any atom is 0.408 e. The van der Waals surface area contributed by atoms with Crippen LogP contribution in [0.15, 0.2) is 48.9 Å². The second-order valence-electron chi connectivity index (χ2n) is 8.38. The molecule has 9 nitrogen and oxygen atoms in total. The highest BCUT2D eigenvalue weighted by Crippen LogP contribution is 2.36. The molecule has 12 heteroatoms. The number of carbonyl (C=O) groups is 1. The van der Waals surface area contributed by atoms with Gasteiger partial charge < -0.3 is 15.5 Å². The number of piperazine rings is 1. The van der Waals surface area contributed by atoms with E-state index in [1.165, 1.54) is 18.6 Å². The number of nitrogen functional groups attached to an aromatic ring is 1. The lowest BCUT2D eigenvalue weighted by Gasteiger charge is -2.35. The van der Waals surface area contributed by atoms with E-state index >= 15 is 0 Å². The van der Waals surface area contributed by atoms with Crippen LogP contribution in [0.2, 0.25) is 0 Å². The first-order valence-electron chi connectivity index (χ1n) is 11.0. The molecule has 1 aromatic carbocycles. The third-order valence-corrected chi connectivity index (χ3v) is 6.14. The number of nitrogens with zero attached hydrogens (tertiary/aromatic N) is 7. The van der Waals surface area contributed by atoms with E-state index in [0.717, 1.165) is 15.9 Å². The molecule has 4 heterocycles. The maximum atomic E-state index is 13.1. The lowest BCUT2D eigenvalue weighted by molar-refractivity contribution is -0.142. The summed E-state index contributed by atoms with van der Waals surface area (Å²) in [6.45, 7) is 3.04. The van der Waals surface area contributed by atoms with Gasteiger partial charge in [0.1, 0.15) is 18.4 Å². The fourth-order valence-electron chi connectivity index (χ4n) is 4.47. The quantitative estimate of drug-likeness (QED) is 0.478. The second kappa shape index (κ2) is 8.60. The molecule has 2 N–H and O–H groups in total. The molecule has 1 aliphatic heterocycles. The van der Waals surface area contributed by atoms with Gasteiger partial charge in [0.25, 0.3) is 0 Å². The van der Waals surface area contributed by atoms with E-state index in [9.17, 15) is 18.0 Å². The smallest absolute Gasteiger partial charge is 0.382 e. The lowest BCUT2D eigenvalue weighted by Crippen LogP contribution is -2.48. The molecular weight excluding hydrogens is 461 g/mol. The second-order valence-corrected chi connectivity index (χ2v) is 8.38. The van der Waals surface area contributed by atoms with Crippen LogP contribution in [0.1, 0.15) is 6.92 Å². The Balaban J connectivity index is 1.56. The summed E-state index contributed by atoms with van der Waals surface area (Å²) < 4.78 is 41.9. The zero-order valence-electron chi connectivity index (χ0n) is 18.9. The van der Waals surface area contributed by atoms with Crippen molar-refractivity contribution in [3.8, 4) is 22.5 Å². The predicted molar refractivity (Wildman–Crippen MR) is 125 cm³/mol. The molecule has 4 aromatic rings. The molecule has 0 spiro atoms. The van der Waals surface area contributed by atoms with Crippen LogP contribution in [0.5, 0.6) is 0 Å². The third-order valence-electron chi connectivity index (χ3n) is 6.14. The van der Waals surface area contributed by atoms with E-state index in [2.05, 4.69) is 20.1 Å². The lowest BCUT2D eigenvalue weighted by atomic mass is 10.1. The molecule has 0 saturated carbocycles. The number of nitrogens with two attached hydrogens (primary N) is 1. The minimum absolute atomic E-state index is 0.0626. The first kappa shape index (κ1) is 22.7. The Morgan fingerprint density at radius 1 is 1.06 bits per heavy atom. The van der Waals surface area contributed by atoms with Crippen molar-refractivity contribution in [2.24, 2.45) is 0 Å². The zero-order valence-corrected chi connectivity index (χ0v) is 18.9. The molecule has 0 aliphatic carbocycles. The number of hydrogen-bond donors (Lipinski definition) is 1. The van der Waals surface area contributed by atoms with Gasteiger partial charge in [-0.05, 0) is 24.3 Å². The van der Waals surface area contributed by atoms with Gasteiger partial charge in [-0.2, -0.15) is 23.4 Å². The van der Waals surface area contributed by atoms with Crippen LogP contribution in [0.3, 0.4) is 0 Å². The predicted octanol–water partition coefficient (Wildman–Crippen LogP) is 3.07. The molecule has 0 bridgehead atoms. The topological polar surface area (TPSA) is 97.6 Å². The summed E-state index contributed by atoms with van der Waals surface area (Å²) in [5, 5.41) is 8.20. The van der Waals surface area contributed by atoms with Crippen molar-refractivity contribution in [1.29, 1.82) is 0 Å². The molecule has 0 unspecified atom stereocenters. The number of carbonyl (C=O) groups excluding carboxylic acids is 1. The average molecular weight is 484 g/mol. The van der Waals surface area contributed by atoms with Crippen molar-refractivity contribution in [2.45, 2.75) is 19.6 Å².